The number of allylic oxidation sites excluding steroid dienone is 1. The van der Waals surface area contributed by atoms with Crippen molar-refractivity contribution in [3.8, 4) is 28.6 Å². The van der Waals surface area contributed by atoms with Crippen molar-refractivity contribution in [2.24, 2.45) is 0 Å². The fourth-order valence-electron chi connectivity index (χ4n) is 6.55. The van der Waals surface area contributed by atoms with Crippen LogP contribution in [-0.2, 0) is 42.3 Å². The van der Waals surface area contributed by atoms with Gasteiger partial charge in [0.25, 0.3) is 0 Å². The Morgan fingerprint density at radius 1 is 0.845 bits per heavy atom. The molecule has 1 aliphatic rings. The molecule has 4 aromatic carbocycles. The van der Waals surface area contributed by atoms with E-state index in [-0.39, 0.29) is 41.5 Å². The van der Waals surface area contributed by atoms with Gasteiger partial charge in [0.1, 0.15) is 22.1 Å². The lowest BCUT2D eigenvalue weighted by Crippen LogP contribution is -2.32. The molecule has 300 valence electrons. The molecule has 7 rings (SSSR count). The fraction of sp³-hybridized carbons (Fsp3) is 0.225. The van der Waals surface area contributed by atoms with Crippen LogP contribution in [0.25, 0.3) is 17.0 Å². The third-order valence-electron chi connectivity index (χ3n) is 9.40. The highest BCUT2D eigenvalue weighted by molar-refractivity contribution is 7.89. The minimum atomic E-state index is -5.18. The molecule has 0 saturated heterocycles. The summed E-state index contributed by atoms with van der Waals surface area (Å²) in [6.45, 7) is -0.634. The first-order chi connectivity index (χ1) is 27.8. The van der Waals surface area contributed by atoms with Gasteiger partial charge >= 0.3 is 12.1 Å². The van der Waals surface area contributed by atoms with Gasteiger partial charge in [-0.15, -0.1) is 21.5 Å². The molecule has 0 unspecified atom stereocenters. The minimum absolute atomic E-state index is 0.00704. The number of halogens is 3. The normalized spacial score (nSPS) is 12.9. The number of aryl methyl sites for hydroxylation is 1. The van der Waals surface area contributed by atoms with Gasteiger partial charge < -0.3 is 19.3 Å². The van der Waals surface area contributed by atoms with Crippen LogP contribution in [0, 0.1) is 0 Å². The average Bonchev–Trinajstić information content (AvgIpc) is 3.88. The summed E-state index contributed by atoms with van der Waals surface area (Å²) in [6.07, 6.45) is -2.67. The summed E-state index contributed by atoms with van der Waals surface area (Å²) in [5.41, 5.74) is 0.197. The van der Waals surface area contributed by atoms with Crippen molar-refractivity contribution in [3.05, 3.63) is 134 Å². The molecule has 2 aromatic heterocycles. The molecular weight excluding hydrogens is 798 g/mol. The van der Waals surface area contributed by atoms with E-state index in [4.69, 9.17) is 14.2 Å². The monoisotopic (exact) mass is 832 g/mol. The number of carboxylic acids is 1. The summed E-state index contributed by atoms with van der Waals surface area (Å²) in [5, 5.41) is 22.3. The summed E-state index contributed by atoms with van der Waals surface area (Å²) >= 11 is 0.949. The maximum absolute atomic E-state index is 15.4. The van der Waals surface area contributed by atoms with Crippen LogP contribution < -0.4 is 14.2 Å². The van der Waals surface area contributed by atoms with Crippen molar-refractivity contribution < 1.29 is 45.7 Å². The highest BCUT2D eigenvalue weighted by Gasteiger charge is 2.43. The minimum Gasteiger partial charge on any atom is -0.497 e. The molecule has 0 bridgehead atoms. The Labute approximate surface area is 335 Å². The largest absolute Gasteiger partial charge is 0.497 e. The molecule has 1 N–H and O–H groups in total. The number of carbonyl (C=O) groups is 1. The van der Waals surface area contributed by atoms with Crippen molar-refractivity contribution in [2.75, 3.05) is 21.3 Å². The summed E-state index contributed by atoms with van der Waals surface area (Å²) in [4.78, 5) is 17.0. The number of thiazole rings is 1. The van der Waals surface area contributed by atoms with E-state index in [0.29, 0.717) is 57.7 Å². The maximum atomic E-state index is 15.4. The highest BCUT2D eigenvalue weighted by Crippen LogP contribution is 2.46. The van der Waals surface area contributed by atoms with Crippen molar-refractivity contribution in [3.63, 3.8) is 0 Å². The van der Waals surface area contributed by atoms with Crippen molar-refractivity contribution in [1.82, 2.24) is 29.5 Å². The number of hydrogen-bond donors (Lipinski definition) is 1. The number of fused-ring (bicyclic) bond motifs is 1. The van der Waals surface area contributed by atoms with Crippen LogP contribution in [0.2, 0.25) is 0 Å². The molecule has 0 fully saturated rings. The number of hydrogen-bond acceptors (Lipinski definition) is 11. The third kappa shape index (κ3) is 8.30. The number of ether oxygens (including phenoxy) is 3. The summed E-state index contributed by atoms with van der Waals surface area (Å²) in [5.74, 6) is -0.0740. The number of tetrazole rings is 1. The number of nitrogens with zero attached hydrogens (tertiary/aromatic N) is 6. The molecule has 13 nitrogen and oxygen atoms in total. The lowest BCUT2D eigenvalue weighted by molar-refractivity contribution is -0.139. The number of carboxylic acid groups (broad SMARTS) is 1. The van der Waals surface area contributed by atoms with Gasteiger partial charge in [0, 0.05) is 23.5 Å². The first kappa shape index (κ1) is 40.1. The predicted molar refractivity (Wildman–Crippen MR) is 207 cm³/mol. The van der Waals surface area contributed by atoms with Crippen LogP contribution in [0.4, 0.5) is 13.2 Å². The molecule has 0 radical (unpaired) electrons. The number of methoxy groups -OCH3 is 3. The number of sulfonamides is 1. The van der Waals surface area contributed by atoms with E-state index in [0.717, 1.165) is 26.5 Å². The molecule has 2 heterocycles. The first-order valence-corrected chi connectivity index (χ1v) is 19.9. The molecule has 18 heteroatoms. The van der Waals surface area contributed by atoms with Crippen LogP contribution in [0.1, 0.15) is 54.6 Å². The molecule has 6 aromatic rings. The maximum Gasteiger partial charge on any atom is 0.417 e. The topological polar surface area (TPSA) is 159 Å². The zero-order valence-electron chi connectivity index (χ0n) is 31.2. The molecule has 0 atom stereocenters. The molecule has 0 saturated carbocycles. The number of alkyl halides is 3. The Balaban J connectivity index is 1.46. The van der Waals surface area contributed by atoms with Gasteiger partial charge in [-0.05, 0) is 82.8 Å². The molecule has 58 heavy (non-hydrogen) atoms. The van der Waals surface area contributed by atoms with Crippen molar-refractivity contribution in [1.29, 1.82) is 0 Å². The van der Waals surface area contributed by atoms with Crippen LogP contribution in [0.3, 0.4) is 0 Å². The summed E-state index contributed by atoms with van der Waals surface area (Å²) in [7, 11) is -0.675. The average molecular weight is 833 g/mol. The Hall–Kier alpha value is -6.11. The van der Waals surface area contributed by atoms with Gasteiger partial charge in [0.2, 0.25) is 20.9 Å². The second-order valence-electron chi connectivity index (χ2n) is 13.1. The highest BCUT2D eigenvalue weighted by atomic mass is 32.2. The molecule has 1 aliphatic carbocycles. The summed E-state index contributed by atoms with van der Waals surface area (Å²) in [6, 6.07) is 21.8. The van der Waals surface area contributed by atoms with Gasteiger partial charge in [0.05, 0.1) is 44.7 Å². The lowest BCUT2D eigenvalue weighted by atomic mass is 9.90. The standard InChI is InChI=1S/C40H35F3N6O7S2/c1-54-27-13-7-24(8-14-27)21-48(22-25-9-15-28(55-2)16-10-25)58(52,53)36-32(40(41,42)43)20-19-30(31-5-4-6-33-35(31)44-38(57-33)39(50)51)34(36)37-45-47-49(46-37)23-26-11-17-29(56-3)18-12-26/h5,7-20H,4,6,21-23H2,1-3H3,(H,50,51). The zero-order chi connectivity index (χ0) is 41.2. The molecule has 0 aliphatic heterocycles. The van der Waals surface area contributed by atoms with Crippen molar-refractivity contribution >= 4 is 32.9 Å². The summed E-state index contributed by atoms with van der Waals surface area (Å²) < 4.78 is 93.5. The number of aromatic nitrogens is 5. The van der Waals surface area contributed by atoms with Crippen LogP contribution >= 0.6 is 11.3 Å². The van der Waals surface area contributed by atoms with Gasteiger partial charge in [-0.25, -0.2) is 18.2 Å². The van der Waals surface area contributed by atoms with Crippen LogP contribution in [0.5, 0.6) is 17.2 Å². The van der Waals surface area contributed by atoms with Crippen LogP contribution in [0.15, 0.2) is 95.9 Å². The van der Waals surface area contributed by atoms with E-state index >= 15 is 21.6 Å². The molecular formula is C40H35F3N6O7S2. The third-order valence-corrected chi connectivity index (χ3v) is 12.4. The van der Waals surface area contributed by atoms with Gasteiger partial charge in [-0.3, -0.25) is 0 Å². The van der Waals surface area contributed by atoms with Gasteiger partial charge in [-0.2, -0.15) is 22.3 Å². The Kier molecular flexibility index (Phi) is 11.3. The Morgan fingerprint density at radius 3 is 1.91 bits per heavy atom. The van der Waals surface area contributed by atoms with E-state index in [1.165, 1.54) is 21.3 Å². The van der Waals surface area contributed by atoms with E-state index in [9.17, 15) is 9.90 Å². The smallest absolute Gasteiger partial charge is 0.417 e. The van der Waals surface area contributed by atoms with E-state index in [1.807, 2.05) is 0 Å². The number of benzene rings is 4. The number of aromatic carboxylic acids is 1. The van der Waals surface area contributed by atoms with Gasteiger partial charge in [0.15, 0.2) is 0 Å². The molecule has 0 amide bonds. The van der Waals surface area contributed by atoms with E-state index in [2.05, 4.69) is 20.4 Å². The SMILES string of the molecule is COc1ccc(CN(Cc2ccc(OC)cc2)S(=O)(=O)c2c(C(F)(F)F)ccc(C3=CCCc4sc(C(=O)O)nc43)c2-c2nnn(Cc3ccc(OC)cc3)n2)cc1. The van der Waals surface area contributed by atoms with Crippen molar-refractivity contribution in [2.45, 2.75) is 43.5 Å². The van der Waals surface area contributed by atoms with Gasteiger partial charge in [-0.1, -0.05) is 48.5 Å². The van der Waals surface area contributed by atoms with Crippen LogP contribution in [-0.4, -0.2) is 70.3 Å². The number of rotatable bonds is 14. The van der Waals surface area contributed by atoms with E-state index < -0.39 is 44.0 Å². The first-order valence-electron chi connectivity index (χ1n) is 17.6. The Morgan fingerprint density at radius 2 is 1.40 bits per heavy atom. The second-order valence-corrected chi connectivity index (χ2v) is 16.0. The molecule has 0 spiro atoms. The zero-order valence-corrected chi connectivity index (χ0v) is 32.9. The van der Waals surface area contributed by atoms with E-state index in [1.54, 1.807) is 78.9 Å². The Bertz CT molecular complexity index is 2540. The quantitative estimate of drug-likeness (QED) is 0.117. The fourth-order valence-corrected chi connectivity index (χ4v) is 9.30. The predicted octanol–water partition coefficient (Wildman–Crippen LogP) is 7.36. The second kappa shape index (κ2) is 16.4. The lowest BCUT2D eigenvalue weighted by Gasteiger charge is -2.27.